The van der Waals surface area contributed by atoms with Crippen LogP contribution in [-0.2, 0) is 16.1 Å². The summed E-state index contributed by atoms with van der Waals surface area (Å²) in [4.78, 5) is 45.1. The van der Waals surface area contributed by atoms with Gasteiger partial charge in [0.1, 0.15) is 5.82 Å². The first-order chi connectivity index (χ1) is 9.93. The van der Waals surface area contributed by atoms with Gasteiger partial charge in [0.15, 0.2) is 5.82 Å². The number of hydrogen-bond acceptors (Lipinski definition) is 6. The summed E-state index contributed by atoms with van der Waals surface area (Å²) in [6, 6.07) is 1.13. The lowest BCUT2D eigenvalue weighted by molar-refractivity contribution is -0.143. The van der Waals surface area contributed by atoms with Crippen LogP contribution < -0.4 is 5.32 Å². The van der Waals surface area contributed by atoms with E-state index in [1.807, 2.05) is 6.92 Å². The van der Waals surface area contributed by atoms with Crippen molar-refractivity contribution < 1.29 is 14.4 Å². The van der Waals surface area contributed by atoms with Crippen molar-refractivity contribution in [3.8, 4) is 0 Å². The van der Waals surface area contributed by atoms with E-state index in [4.69, 9.17) is 0 Å². The zero-order chi connectivity index (χ0) is 15.6. The first-order valence-corrected chi connectivity index (χ1v) is 6.66. The molecule has 0 aliphatic carbocycles. The predicted octanol–water partition coefficient (Wildman–Crippen LogP) is 0.528. The summed E-state index contributed by atoms with van der Waals surface area (Å²) in [7, 11) is 1.27. The molecule has 0 saturated carbocycles. The number of nitrogens with zero attached hydrogens (tertiary/aromatic N) is 4. The van der Waals surface area contributed by atoms with E-state index in [1.165, 1.54) is 7.05 Å². The van der Waals surface area contributed by atoms with Crippen LogP contribution in [0.5, 0.6) is 0 Å². The van der Waals surface area contributed by atoms with Gasteiger partial charge in [0.2, 0.25) is 0 Å². The Kier molecular flexibility index (Phi) is 4.15. The van der Waals surface area contributed by atoms with E-state index < -0.39 is 17.8 Å². The molecule has 1 fully saturated rings. The van der Waals surface area contributed by atoms with Crippen molar-refractivity contribution in [3.05, 3.63) is 17.6 Å². The first-order valence-electron chi connectivity index (χ1n) is 6.66. The molecule has 0 spiro atoms. The van der Waals surface area contributed by atoms with Crippen molar-refractivity contribution in [1.82, 2.24) is 19.8 Å². The number of carbonyl (C=O) groups excluding carboxylic acids is 3. The van der Waals surface area contributed by atoms with Crippen LogP contribution in [0.25, 0.3) is 0 Å². The van der Waals surface area contributed by atoms with Crippen molar-refractivity contribution in [3.63, 3.8) is 0 Å². The van der Waals surface area contributed by atoms with Gasteiger partial charge in [0.25, 0.3) is 0 Å². The lowest BCUT2D eigenvalue weighted by atomic mass is 10.3. The minimum Gasteiger partial charge on any atom is -0.370 e. The van der Waals surface area contributed by atoms with Crippen molar-refractivity contribution in [2.75, 3.05) is 18.9 Å². The van der Waals surface area contributed by atoms with Crippen LogP contribution >= 0.6 is 0 Å². The normalized spacial score (nSPS) is 15.1. The van der Waals surface area contributed by atoms with Gasteiger partial charge < -0.3 is 5.32 Å². The van der Waals surface area contributed by atoms with Crippen molar-refractivity contribution in [1.29, 1.82) is 0 Å². The van der Waals surface area contributed by atoms with Gasteiger partial charge in [-0.2, -0.15) is 0 Å². The second-order valence-electron chi connectivity index (χ2n) is 4.78. The minimum atomic E-state index is -0.851. The van der Waals surface area contributed by atoms with E-state index in [1.54, 1.807) is 13.0 Å². The molecular formula is C13H17N5O3. The highest BCUT2D eigenvalue weighted by Crippen LogP contribution is 2.14. The van der Waals surface area contributed by atoms with Gasteiger partial charge in [-0.25, -0.2) is 19.7 Å². The topological polar surface area (TPSA) is 95.5 Å². The Bertz CT molecular complexity index is 601. The number of imide groups is 2. The lowest BCUT2D eigenvalue weighted by Gasteiger charge is -2.13. The molecular weight excluding hydrogens is 274 g/mol. The number of aromatic nitrogens is 2. The number of carbonyl (C=O) groups is 3. The fraction of sp³-hybridized carbons (Fsp3) is 0.462. The Morgan fingerprint density at radius 2 is 1.90 bits per heavy atom. The highest BCUT2D eigenvalue weighted by molar-refractivity contribution is 6.44. The monoisotopic (exact) mass is 291 g/mol. The summed E-state index contributed by atoms with van der Waals surface area (Å²) in [5.41, 5.74) is 0.720. The molecule has 0 aromatic carbocycles. The molecule has 0 unspecified atom stereocenters. The predicted molar refractivity (Wildman–Crippen MR) is 74.3 cm³/mol. The minimum absolute atomic E-state index is 0.115. The summed E-state index contributed by atoms with van der Waals surface area (Å²) in [5.74, 6) is -0.732. The smallest absolute Gasteiger partial charge is 0.334 e. The summed E-state index contributed by atoms with van der Waals surface area (Å²) in [6.07, 6.45) is 0.945. The maximum atomic E-state index is 11.8. The van der Waals surface area contributed by atoms with E-state index in [2.05, 4.69) is 15.3 Å². The molecule has 2 rings (SSSR count). The molecule has 112 valence electrons. The molecule has 1 saturated heterocycles. The average molecular weight is 291 g/mol. The Labute approximate surface area is 122 Å². The van der Waals surface area contributed by atoms with E-state index in [-0.39, 0.29) is 6.54 Å². The Morgan fingerprint density at radius 3 is 2.48 bits per heavy atom. The molecule has 2 heterocycles. The summed E-state index contributed by atoms with van der Waals surface area (Å²) in [6.45, 7) is 4.48. The second kappa shape index (κ2) is 5.86. The highest BCUT2D eigenvalue weighted by Gasteiger charge is 2.42. The van der Waals surface area contributed by atoms with Gasteiger partial charge in [-0.1, -0.05) is 6.92 Å². The number of urea groups is 1. The van der Waals surface area contributed by atoms with Gasteiger partial charge in [0.05, 0.1) is 6.54 Å². The number of anilines is 1. The molecule has 0 radical (unpaired) electrons. The van der Waals surface area contributed by atoms with E-state index in [9.17, 15) is 14.4 Å². The number of hydrogen-bond donors (Lipinski definition) is 1. The second-order valence-corrected chi connectivity index (χ2v) is 4.78. The molecule has 1 aliphatic rings. The van der Waals surface area contributed by atoms with Gasteiger partial charge >= 0.3 is 17.8 Å². The number of likely N-dealkylation sites (N-methyl/N-ethyl adjacent to an activating group) is 1. The molecule has 1 aromatic rings. The Balaban J connectivity index is 2.19. The fourth-order valence-corrected chi connectivity index (χ4v) is 1.94. The first kappa shape index (κ1) is 14.9. The SMILES string of the molecule is CCCNc1cc(C)nc(CN2C(=O)C(=O)N(C)C2=O)n1. The third kappa shape index (κ3) is 2.99. The van der Waals surface area contributed by atoms with Crippen LogP contribution in [-0.4, -0.2) is 51.2 Å². The fourth-order valence-electron chi connectivity index (χ4n) is 1.94. The summed E-state index contributed by atoms with van der Waals surface area (Å²) < 4.78 is 0. The van der Waals surface area contributed by atoms with Crippen molar-refractivity contribution in [2.45, 2.75) is 26.8 Å². The van der Waals surface area contributed by atoms with Crippen molar-refractivity contribution >= 4 is 23.7 Å². The van der Waals surface area contributed by atoms with Gasteiger partial charge in [-0.05, 0) is 13.3 Å². The number of nitrogens with one attached hydrogen (secondary N) is 1. The molecule has 1 N–H and O–H groups in total. The van der Waals surface area contributed by atoms with Crippen molar-refractivity contribution in [2.24, 2.45) is 0 Å². The summed E-state index contributed by atoms with van der Waals surface area (Å²) >= 11 is 0. The van der Waals surface area contributed by atoms with Gasteiger partial charge in [-0.3, -0.25) is 14.5 Å². The van der Waals surface area contributed by atoms with Crippen LogP contribution in [0, 0.1) is 6.92 Å². The van der Waals surface area contributed by atoms with E-state index >= 15 is 0 Å². The number of amides is 4. The van der Waals surface area contributed by atoms with Crippen LogP contribution in [0.4, 0.5) is 10.6 Å². The van der Waals surface area contributed by atoms with Gasteiger partial charge in [0, 0.05) is 25.4 Å². The zero-order valence-corrected chi connectivity index (χ0v) is 12.2. The largest absolute Gasteiger partial charge is 0.370 e. The average Bonchev–Trinajstić information content (AvgIpc) is 2.62. The molecule has 1 aliphatic heterocycles. The quantitative estimate of drug-likeness (QED) is 0.628. The maximum absolute atomic E-state index is 11.8. The molecule has 8 heteroatoms. The molecule has 1 aromatic heterocycles. The Morgan fingerprint density at radius 1 is 1.19 bits per heavy atom. The summed E-state index contributed by atoms with van der Waals surface area (Å²) in [5, 5.41) is 3.12. The number of aryl methyl sites for hydroxylation is 1. The van der Waals surface area contributed by atoms with Crippen LogP contribution in [0.3, 0.4) is 0 Å². The lowest BCUT2D eigenvalue weighted by Crippen LogP contribution is -2.32. The third-order valence-electron chi connectivity index (χ3n) is 3.01. The highest BCUT2D eigenvalue weighted by atomic mass is 16.2. The number of rotatable bonds is 5. The maximum Gasteiger partial charge on any atom is 0.334 e. The molecule has 21 heavy (non-hydrogen) atoms. The molecule has 0 atom stereocenters. The van der Waals surface area contributed by atoms with Crippen LogP contribution in [0.1, 0.15) is 24.9 Å². The standard InChI is InChI=1S/C13H17N5O3/c1-4-5-14-9-6-8(2)15-10(16-9)7-18-12(20)11(19)17(3)13(18)21/h6H,4-5,7H2,1-3H3,(H,14,15,16). The molecule has 4 amide bonds. The molecule has 8 nitrogen and oxygen atoms in total. The van der Waals surface area contributed by atoms with E-state index in [0.29, 0.717) is 11.6 Å². The third-order valence-corrected chi connectivity index (χ3v) is 3.01. The van der Waals surface area contributed by atoms with Gasteiger partial charge in [-0.15, -0.1) is 0 Å². The molecule has 0 bridgehead atoms. The van der Waals surface area contributed by atoms with Crippen LogP contribution in [0.2, 0.25) is 0 Å². The van der Waals surface area contributed by atoms with Crippen LogP contribution in [0.15, 0.2) is 6.07 Å². The Hall–Kier alpha value is -2.51. The zero-order valence-electron chi connectivity index (χ0n) is 12.2. The van der Waals surface area contributed by atoms with E-state index in [0.717, 1.165) is 28.5 Å².